The van der Waals surface area contributed by atoms with Gasteiger partial charge >= 0.3 is 11.9 Å². The average molecular weight is 459 g/mol. The molecule has 1 aliphatic rings. The highest BCUT2D eigenvalue weighted by Crippen LogP contribution is 2.44. The van der Waals surface area contributed by atoms with E-state index in [2.05, 4.69) is 31.1 Å². The monoisotopic (exact) mass is 458 g/mol. The standard InChI is InChI=1S/C24H30N2O5S/c1-6-30-23(29)19-17-8-7-16(24(3,4)5)13-18(17)32-21(19)26-20(27)14(2)31-22(28)15-9-11-25-12-10-15/h9-12,14,16H,6-8,13H2,1-5H3,(H,26,27). The first-order valence-corrected chi connectivity index (χ1v) is 11.7. The maximum absolute atomic E-state index is 12.8. The van der Waals surface area contributed by atoms with E-state index in [4.69, 9.17) is 9.47 Å². The molecule has 0 aliphatic heterocycles. The van der Waals surface area contributed by atoms with Gasteiger partial charge in [-0.15, -0.1) is 11.3 Å². The van der Waals surface area contributed by atoms with Crippen molar-refractivity contribution in [3.63, 3.8) is 0 Å². The average Bonchev–Trinajstić information content (AvgIpc) is 3.10. The van der Waals surface area contributed by atoms with Gasteiger partial charge in [0.2, 0.25) is 0 Å². The molecule has 0 aromatic carbocycles. The first kappa shape index (κ1) is 23.9. The van der Waals surface area contributed by atoms with E-state index >= 15 is 0 Å². The molecular formula is C24H30N2O5S. The summed E-state index contributed by atoms with van der Waals surface area (Å²) in [6.45, 7) is 10.2. The number of hydrogen-bond acceptors (Lipinski definition) is 7. The van der Waals surface area contributed by atoms with Gasteiger partial charge in [-0.2, -0.15) is 0 Å². The highest BCUT2D eigenvalue weighted by atomic mass is 32.1. The van der Waals surface area contributed by atoms with Crippen molar-refractivity contribution in [2.45, 2.75) is 60.0 Å². The number of carbonyl (C=O) groups excluding carboxylic acids is 3. The Hall–Kier alpha value is -2.74. The normalized spacial score (nSPS) is 16.6. The summed E-state index contributed by atoms with van der Waals surface area (Å²) in [5, 5.41) is 3.26. The van der Waals surface area contributed by atoms with Crippen molar-refractivity contribution < 1.29 is 23.9 Å². The Morgan fingerprint density at radius 2 is 1.91 bits per heavy atom. The van der Waals surface area contributed by atoms with Crippen molar-refractivity contribution >= 4 is 34.2 Å². The molecule has 0 radical (unpaired) electrons. The Morgan fingerprint density at radius 3 is 2.53 bits per heavy atom. The van der Waals surface area contributed by atoms with Crippen LogP contribution in [-0.2, 0) is 27.1 Å². The minimum Gasteiger partial charge on any atom is -0.462 e. The predicted molar refractivity (Wildman–Crippen MR) is 123 cm³/mol. The van der Waals surface area contributed by atoms with Crippen molar-refractivity contribution in [1.82, 2.24) is 4.98 Å². The lowest BCUT2D eigenvalue weighted by molar-refractivity contribution is -0.123. The van der Waals surface area contributed by atoms with E-state index < -0.39 is 23.9 Å². The van der Waals surface area contributed by atoms with Crippen LogP contribution in [-0.4, -0.2) is 35.5 Å². The van der Waals surface area contributed by atoms with E-state index in [0.29, 0.717) is 22.0 Å². The third-order valence-electron chi connectivity index (χ3n) is 5.78. The number of ether oxygens (including phenoxy) is 2. The molecular weight excluding hydrogens is 428 g/mol. The molecule has 172 valence electrons. The van der Waals surface area contributed by atoms with Crippen LogP contribution in [0.1, 0.15) is 72.2 Å². The van der Waals surface area contributed by atoms with Gasteiger partial charge in [-0.05, 0) is 62.1 Å². The quantitative estimate of drug-likeness (QED) is 0.633. The summed E-state index contributed by atoms with van der Waals surface area (Å²) in [5.74, 6) is -1.05. The third-order valence-corrected chi connectivity index (χ3v) is 6.95. The van der Waals surface area contributed by atoms with E-state index in [0.717, 1.165) is 29.7 Å². The molecule has 0 saturated heterocycles. The van der Waals surface area contributed by atoms with Gasteiger partial charge in [-0.25, -0.2) is 9.59 Å². The van der Waals surface area contributed by atoms with Crippen LogP contribution in [0.15, 0.2) is 24.5 Å². The Morgan fingerprint density at radius 1 is 1.22 bits per heavy atom. The van der Waals surface area contributed by atoms with Crippen LogP contribution in [0.2, 0.25) is 0 Å². The van der Waals surface area contributed by atoms with Crippen LogP contribution in [0.3, 0.4) is 0 Å². The molecule has 1 amide bonds. The van der Waals surface area contributed by atoms with Gasteiger partial charge in [0.25, 0.3) is 5.91 Å². The molecule has 0 fully saturated rings. The molecule has 2 atom stereocenters. The molecule has 2 unspecified atom stereocenters. The summed E-state index contributed by atoms with van der Waals surface area (Å²) >= 11 is 1.42. The summed E-state index contributed by atoms with van der Waals surface area (Å²) in [5.41, 5.74) is 1.86. The molecule has 3 rings (SSSR count). The fraction of sp³-hybridized carbons (Fsp3) is 0.500. The first-order chi connectivity index (χ1) is 15.1. The number of hydrogen-bond donors (Lipinski definition) is 1. The largest absolute Gasteiger partial charge is 0.462 e. The topological polar surface area (TPSA) is 94.6 Å². The molecule has 2 aromatic heterocycles. The minimum absolute atomic E-state index is 0.158. The Balaban J connectivity index is 1.80. The molecule has 32 heavy (non-hydrogen) atoms. The molecule has 2 heterocycles. The van der Waals surface area contributed by atoms with Crippen molar-refractivity contribution in [1.29, 1.82) is 0 Å². The van der Waals surface area contributed by atoms with Crippen LogP contribution in [0.25, 0.3) is 0 Å². The third kappa shape index (κ3) is 5.35. The van der Waals surface area contributed by atoms with E-state index in [1.165, 1.54) is 42.8 Å². The van der Waals surface area contributed by atoms with E-state index in [1.807, 2.05) is 0 Å². The number of esters is 2. The number of thiophene rings is 1. The van der Waals surface area contributed by atoms with Gasteiger partial charge in [-0.3, -0.25) is 9.78 Å². The smallest absolute Gasteiger partial charge is 0.341 e. The van der Waals surface area contributed by atoms with Gasteiger partial charge in [0.1, 0.15) is 5.00 Å². The van der Waals surface area contributed by atoms with E-state index in [9.17, 15) is 14.4 Å². The molecule has 0 bridgehead atoms. The number of carbonyl (C=O) groups is 3. The maximum Gasteiger partial charge on any atom is 0.341 e. The number of pyridine rings is 1. The lowest BCUT2D eigenvalue weighted by Crippen LogP contribution is -2.30. The Labute approximate surface area is 192 Å². The van der Waals surface area contributed by atoms with Gasteiger partial charge in [-0.1, -0.05) is 20.8 Å². The van der Waals surface area contributed by atoms with Crippen LogP contribution in [0.5, 0.6) is 0 Å². The number of aromatic nitrogens is 1. The lowest BCUT2D eigenvalue weighted by atomic mass is 9.72. The number of fused-ring (bicyclic) bond motifs is 1. The fourth-order valence-corrected chi connectivity index (χ4v) is 5.13. The van der Waals surface area contributed by atoms with Crippen LogP contribution < -0.4 is 5.32 Å². The van der Waals surface area contributed by atoms with Crippen molar-refractivity contribution in [3.05, 3.63) is 46.1 Å². The first-order valence-electron chi connectivity index (χ1n) is 10.8. The summed E-state index contributed by atoms with van der Waals surface area (Å²) in [6, 6.07) is 3.04. The summed E-state index contributed by atoms with van der Waals surface area (Å²) in [7, 11) is 0. The fourth-order valence-electron chi connectivity index (χ4n) is 3.82. The van der Waals surface area contributed by atoms with Gasteiger partial charge < -0.3 is 14.8 Å². The number of amides is 1. The highest BCUT2D eigenvalue weighted by molar-refractivity contribution is 7.17. The molecule has 8 heteroatoms. The van der Waals surface area contributed by atoms with Crippen molar-refractivity contribution in [2.24, 2.45) is 11.3 Å². The number of nitrogens with one attached hydrogen (secondary N) is 1. The van der Waals surface area contributed by atoms with Crippen LogP contribution in [0, 0.1) is 11.3 Å². The number of anilines is 1. The van der Waals surface area contributed by atoms with Gasteiger partial charge in [0.15, 0.2) is 6.10 Å². The second-order valence-corrected chi connectivity index (χ2v) is 10.1. The molecule has 2 aromatic rings. The van der Waals surface area contributed by atoms with Crippen LogP contribution >= 0.6 is 11.3 Å². The zero-order valence-corrected chi connectivity index (χ0v) is 20.0. The highest BCUT2D eigenvalue weighted by Gasteiger charge is 2.35. The minimum atomic E-state index is -1.04. The van der Waals surface area contributed by atoms with Crippen LogP contribution in [0.4, 0.5) is 5.00 Å². The summed E-state index contributed by atoms with van der Waals surface area (Å²) in [6.07, 6.45) is 4.53. The lowest BCUT2D eigenvalue weighted by Gasteiger charge is -2.33. The molecule has 7 nitrogen and oxygen atoms in total. The maximum atomic E-state index is 12.8. The van der Waals surface area contributed by atoms with Gasteiger partial charge in [0, 0.05) is 17.3 Å². The van der Waals surface area contributed by atoms with Crippen molar-refractivity contribution in [3.8, 4) is 0 Å². The second-order valence-electron chi connectivity index (χ2n) is 9.01. The second kappa shape index (κ2) is 9.81. The zero-order chi connectivity index (χ0) is 23.5. The number of rotatable bonds is 6. The number of nitrogens with zero attached hydrogens (tertiary/aromatic N) is 1. The predicted octanol–water partition coefficient (Wildman–Crippen LogP) is 4.65. The zero-order valence-electron chi connectivity index (χ0n) is 19.2. The SMILES string of the molecule is CCOC(=O)c1c(NC(=O)C(C)OC(=O)c2ccncc2)sc2c1CCC(C(C)(C)C)C2. The van der Waals surface area contributed by atoms with E-state index in [-0.39, 0.29) is 12.0 Å². The van der Waals surface area contributed by atoms with Gasteiger partial charge in [0.05, 0.1) is 17.7 Å². The van der Waals surface area contributed by atoms with E-state index in [1.54, 1.807) is 6.92 Å². The molecule has 0 spiro atoms. The molecule has 1 N–H and O–H groups in total. The molecule has 1 aliphatic carbocycles. The summed E-state index contributed by atoms with van der Waals surface area (Å²) in [4.78, 5) is 42.8. The molecule has 0 saturated carbocycles. The summed E-state index contributed by atoms with van der Waals surface area (Å²) < 4.78 is 10.6. The Bertz CT molecular complexity index is 994. The Kier molecular flexibility index (Phi) is 7.33. The van der Waals surface area contributed by atoms with Crippen molar-refractivity contribution in [2.75, 3.05) is 11.9 Å².